The van der Waals surface area contributed by atoms with Gasteiger partial charge in [0.1, 0.15) is 0 Å². The van der Waals surface area contributed by atoms with E-state index in [2.05, 4.69) is 10.2 Å². The number of carbonyl (C=O) groups excluding carboxylic acids is 1. The number of piperazine rings is 1. The lowest BCUT2D eigenvalue weighted by molar-refractivity contribution is -0.168. The zero-order valence-corrected chi connectivity index (χ0v) is 20.3. The molecule has 4 saturated carbocycles. The van der Waals surface area contributed by atoms with Crippen molar-refractivity contribution in [2.75, 3.05) is 31.1 Å². The summed E-state index contributed by atoms with van der Waals surface area (Å²) in [6.45, 7) is 6.01. The molecule has 1 heterocycles. The number of alkyl halides is 3. The highest BCUT2D eigenvalue weighted by Gasteiger charge is 2.59. The molecule has 2 unspecified atom stereocenters. The van der Waals surface area contributed by atoms with Crippen LogP contribution in [-0.2, 0) is 15.8 Å². The van der Waals surface area contributed by atoms with Gasteiger partial charge in [-0.15, -0.1) is 0 Å². The van der Waals surface area contributed by atoms with Crippen LogP contribution in [0.4, 0.5) is 18.9 Å². The van der Waals surface area contributed by atoms with E-state index in [0.29, 0.717) is 50.6 Å². The van der Waals surface area contributed by atoms with Crippen LogP contribution in [0.3, 0.4) is 0 Å². The average Bonchev–Trinajstić information content (AvgIpc) is 2.80. The monoisotopic (exact) mass is 493 g/mol. The van der Waals surface area contributed by atoms with E-state index >= 15 is 0 Å². The number of halogens is 3. The predicted molar refractivity (Wildman–Crippen MR) is 125 cm³/mol. The fourth-order valence-electron chi connectivity index (χ4n) is 7.40. The minimum Gasteiger partial charge on any atom is -0.481 e. The van der Waals surface area contributed by atoms with Gasteiger partial charge in [0.05, 0.1) is 16.5 Å². The molecule has 5 aliphatic rings. The van der Waals surface area contributed by atoms with Crippen LogP contribution in [0, 0.1) is 23.2 Å². The number of benzene rings is 1. The summed E-state index contributed by atoms with van der Waals surface area (Å²) in [6.07, 6.45) is -0.316. The molecule has 9 heteroatoms. The smallest absolute Gasteiger partial charge is 0.416 e. The number of nitrogens with zero attached hydrogens (tertiary/aromatic N) is 2. The van der Waals surface area contributed by atoms with Crippen LogP contribution >= 0.6 is 0 Å². The lowest BCUT2D eigenvalue weighted by atomic mass is 9.48. The van der Waals surface area contributed by atoms with Crippen LogP contribution in [0.2, 0.25) is 0 Å². The molecule has 2 atom stereocenters. The molecule has 4 aliphatic carbocycles. The highest BCUT2D eigenvalue weighted by Crippen LogP contribution is 2.60. The Morgan fingerprint density at radius 3 is 2.23 bits per heavy atom. The maximum absolute atomic E-state index is 13.5. The van der Waals surface area contributed by atoms with E-state index in [-0.39, 0.29) is 23.8 Å². The third-order valence-corrected chi connectivity index (χ3v) is 9.19. The highest BCUT2D eigenvalue weighted by atomic mass is 19.4. The molecule has 0 spiro atoms. The third kappa shape index (κ3) is 4.30. The SMILES string of the molecule is CC(C)(C(=O)NC1C2CC3CC1CC(C(=O)O)(C3)C2)N1CCN(c2cccc(C(F)(F)F)c2)CC1. The molecule has 192 valence electrons. The Labute approximate surface area is 203 Å². The Hall–Kier alpha value is -2.29. The van der Waals surface area contributed by atoms with Gasteiger partial charge in [-0.3, -0.25) is 14.5 Å². The Bertz CT molecular complexity index is 987. The first kappa shape index (κ1) is 24.4. The molecule has 2 N–H and O–H groups in total. The molecule has 35 heavy (non-hydrogen) atoms. The number of nitrogens with one attached hydrogen (secondary N) is 1. The first-order chi connectivity index (χ1) is 16.4. The quantitative estimate of drug-likeness (QED) is 0.649. The first-order valence-corrected chi connectivity index (χ1v) is 12.6. The summed E-state index contributed by atoms with van der Waals surface area (Å²) in [6, 6.07) is 5.41. The van der Waals surface area contributed by atoms with Crippen LogP contribution in [-0.4, -0.2) is 59.6 Å². The van der Waals surface area contributed by atoms with Crippen molar-refractivity contribution < 1.29 is 27.9 Å². The first-order valence-electron chi connectivity index (χ1n) is 12.6. The van der Waals surface area contributed by atoms with Gasteiger partial charge in [0, 0.05) is 37.9 Å². The second kappa shape index (κ2) is 8.39. The summed E-state index contributed by atoms with van der Waals surface area (Å²) in [5, 5.41) is 13.2. The van der Waals surface area contributed by atoms with Gasteiger partial charge in [0.2, 0.25) is 5.91 Å². The fourth-order valence-corrected chi connectivity index (χ4v) is 7.40. The van der Waals surface area contributed by atoms with Crippen LogP contribution in [0.25, 0.3) is 0 Å². The van der Waals surface area contributed by atoms with Gasteiger partial charge < -0.3 is 15.3 Å². The number of hydrogen-bond acceptors (Lipinski definition) is 4. The molecule has 0 radical (unpaired) electrons. The van der Waals surface area contributed by atoms with E-state index in [1.165, 1.54) is 12.1 Å². The predicted octanol–water partition coefficient (Wildman–Crippen LogP) is 4.00. The Morgan fingerprint density at radius 2 is 1.66 bits per heavy atom. The minimum absolute atomic E-state index is 0.0252. The summed E-state index contributed by atoms with van der Waals surface area (Å²) >= 11 is 0. The van der Waals surface area contributed by atoms with Crippen molar-refractivity contribution in [3.8, 4) is 0 Å². The number of carbonyl (C=O) groups is 2. The van der Waals surface area contributed by atoms with Gasteiger partial charge in [0.25, 0.3) is 0 Å². The molecule has 1 aromatic carbocycles. The zero-order chi connectivity index (χ0) is 25.2. The Balaban J connectivity index is 1.21. The standard InChI is InChI=1S/C26H34F3N3O3/c1-24(2,32-8-6-31(7-9-32)20-5-3-4-19(12-20)26(27,28)29)22(33)30-21-17-10-16-11-18(21)15-25(13-16,14-17)23(34)35/h3-5,12,16-18,21H,6-11,13-15H2,1-2H3,(H,30,33)(H,34,35). The van der Waals surface area contributed by atoms with Crippen molar-refractivity contribution in [3.05, 3.63) is 29.8 Å². The topological polar surface area (TPSA) is 72.9 Å². The van der Waals surface area contributed by atoms with Crippen molar-refractivity contribution in [1.29, 1.82) is 0 Å². The van der Waals surface area contributed by atoms with Crippen molar-refractivity contribution >= 4 is 17.6 Å². The lowest BCUT2D eigenvalue weighted by Gasteiger charge is -2.58. The van der Waals surface area contributed by atoms with Crippen LogP contribution in [0.1, 0.15) is 51.5 Å². The number of amides is 1. The lowest BCUT2D eigenvalue weighted by Crippen LogP contribution is -2.66. The maximum Gasteiger partial charge on any atom is 0.416 e. The molecule has 1 aromatic rings. The number of carboxylic acid groups (broad SMARTS) is 1. The van der Waals surface area contributed by atoms with Gasteiger partial charge >= 0.3 is 12.1 Å². The molecule has 1 aliphatic heterocycles. The van der Waals surface area contributed by atoms with E-state index in [1.54, 1.807) is 6.07 Å². The summed E-state index contributed by atoms with van der Waals surface area (Å²) in [7, 11) is 0. The zero-order valence-electron chi connectivity index (χ0n) is 20.3. The molecular formula is C26H34F3N3O3. The van der Waals surface area contributed by atoms with E-state index in [9.17, 15) is 27.9 Å². The molecule has 0 aromatic heterocycles. The van der Waals surface area contributed by atoms with E-state index in [1.807, 2.05) is 18.7 Å². The molecule has 5 fully saturated rings. The van der Waals surface area contributed by atoms with Gasteiger partial charge in [-0.05, 0) is 81.9 Å². The molecule has 6 rings (SSSR count). The average molecular weight is 494 g/mol. The third-order valence-electron chi connectivity index (χ3n) is 9.19. The normalized spacial score (nSPS) is 33.1. The second-order valence-corrected chi connectivity index (χ2v) is 11.6. The van der Waals surface area contributed by atoms with Gasteiger partial charge in [-0.25, -0.2) is 0 Å². The highest BCUT2D eigenvalue weighted by molar-refractivity contribution is 5.86. The number of aliphatic carboxylic acids is 1. The van der Waals surface area contributed by atoms with Crippen molar-refractivity contribution in [1.82, 2.24) is 10.2 Å². The molecule has 6 nitrogen and oxygen atoms in total. The van der Waals surface area contributed by atoms with E-state index in [0.717, 1.165) is 25.3 Å². The molecule has 1 amide bonds. The number of hydrogen-bond donors (Lipinski definition) is 2. The number of carboxylic acids is 1. The largest absolute Gasteiger partial charge is 0.481 e. The van der Waals surface area contributed by atoms with E-state index < -0.39 is 28.7 Å². The molecule has 4 bridgehead atoms. The Kier molecular flexibility index (Phi) is 5.85. The van der Waals surface area contributed by atoms with E-state index in [4.69, 9.17) is 0 Å². The second-order valence-electron chi connectivity index (χ2n) is 11.6. The van der Waals surface area contributed by atoms with Gasteiger partial charge in [-0.2, -0.15) is 13.2 Å². The van der Waals surface area contributed by atoms with Crippen molar-refractivity contribution in [3.63, 3.8) is 0 Å². The van der Waals surface area contributed by atoms with Crippen LogP contribution < -0.4 is 10.2 Å². The van der Waals surface area contributed by atoms with Crippen LogP contribution in [0.15, 0.2) is 24.3 Å². The summed E-state index contributed by atoms with van der Waals surface area (Å²) in [4.78, 5) is 29.5. The molecular weight excluding hydrogens is 459 g/mol. The van der Waals surface area contributed by atoms with Crippen molar-refractivity contribution in [2.45, 2.75) is 63.7 Å². The molecule has 1 saturated heterocycles. The number of anilines is 1. The van der Waals surface area contributed by atoms with Crippen LogP contribution in [0.5, 0.6) is 0 Å². The fraction of sp³-hybridized carbons (Fsp3) is 0.692. The Morgan fingerprint density at radius 1 is 1.03 bits per heavy atom. The number of rotatable bonds is 5. The van der Waals surface area contributed by atoms with Gasteiger partial charge in [-0.1, -0.05) is 6.07 Å². The van der Waals surface area contributed by atoms with Crippen molar-refractivity contribution in [2.24, 2.45) is 23.2 Å². The summed E-state index contributed by atoms with van der Waals surface area (Å²) in [5.74, 6) is 0.158. The van der Waals surface area contributed by atoms with Gasteiger partial charge in [0.15, 0.2) is 0 Å². The summed E-state index contributed by atoms with van der Waals surface area (Å²) in [5.41, 5.74) is -1.48. The maximum atomic E-state index is 13.5. The summed E-state index contributed by atoms with van der Waals surface area (Å²) < 4.78 is 39.3. The minimum atomic E-state index is -4.38.